The van der Waals surface area contributed by atoms with Gasteiger partial charge in [0.05, 0.1) is 0 Å². The zero-order valence-corrected chi connectivity index (χ0v) is 15.0. The number of likely N-dealkylation sites (tertiary alicyclic amines) is 1. The van der Waals surface area contributed by atoms with Crippen LogP contribution in [-0.4, -0.2) is 30.4 Å². The third-order valence-corrected chi connectivity index (χ3v) is 5.38. The van der Waals surface area contributed by atoms with Gasteiger partial charge in [0.1, 0.15) is 0 Å². The van der Waals surface area contributed by atoms with Gasteiger partial charge in [0, 0.05) is 25.4 Å². The van der Waals surface area contributed by atoms with Gasteiger partial charge in [0.25, 0.3) is 0 Å². The molecule has 0 spiro atoms. The molecule has 3 nitrogen and oxygen atoms in total. The van der Waals surface area contributed by atoms with Crippen LogP contribution in [0.5, 0.6) is 0 Å². The van der Waals surface area contributed by atoms with E-state index in [2.05, 4.69) is 55.5 Å². The summed E-state index contributed by atoms with van der Waals surface area (Å²) in [6.45, 7) is 4.36. The van der Waals surface area contributed by atoms with Crippen molar-refractivity contribution in [2.45, 2.75) is 32.1 Å². The maximum atomic E-state index is 12.7. The Morgan fingerprint density at radius 2 is 1.72 bits per heavy atom. The monoisotopic (exact) mass is 336 g/mol. The second-order valence-corrected chi connectivity index (χ2v) is 6.98. The van der Waals surface area contributed by atoms with E-state index in [1.807, 2.05) is 11.0 Å². The fourth-order valence-electron chi connectivity index (χ4n) is 3.74. The fraction of sp³-hybridized carbons (Fsp3) is 0.409. The minimum Gasteiger partial charge on any atom is -0.342 e. The van der Waals surface area contributed by atoms with Crippen molar-refractivity contribution in [2.24, 2.45) is 11.7 Å². The highest BCUT2D eigenvalue weighted by atomic mass is 16.2. The molecular formula is C22H28N2O. The van der Waals surface area contributed by atoms with Crippen molar-refractivity contribution in [3.05, 3.63) is 71.3 Å². The van der Waals surface area contributed by atoms with Crippen molar-refractivity contribution in [1.82, 2.24) is 4.90 Å². The van der Waals surface area contributed by atoms with Crippen LogP contribution >= 0.6 is 0 Å². The number of nitrogens with two attached hydrogens (primary N) is 1. The largest absolute Gasteiger partial charge is 0.342 e. The van der Waals surface area contributed by atoms with E-state index in [0.29, 0.717) is 24.8 Å². The zero-order chi connectivity index (χ0) is 17.6. The highest BCUT2D eigenvalue weighted by molar-refractivity contribution is 5.77. The first-order valence-electron chi connectivity index (χ1n) is 9.32. The molecule has 1 fully saturated rings. The first-order chi connectivity index (χ1) is 12.2. The first-order valence-corrected chi connectivity index (χ1v) is 9.32. The zero-order valence-electron chi connectivity index (χ0n) is 15.0. The first kappa shape index (κ1) is 17.7. The summed E-state index contributed by atoms with van der Waals surface area (Å²) in [7, 11) is 0. The maximum Gasteiger partial charge on any atom is 0.222 e. The highest BCUT2D eigenvalue weighted by Crippen LogP contribution is 2.32. The number of aryl methyl sites for hydroxylation is 2. The van der Waals surface area contributed by atoms with E-state index < -0.39 is 0 Å². The molecule has 2 aromatic rings. The minimum absolute atomic E-state index is 0.247. The fourth-order valence-corrected chi connectivity index (χ4v) is 3.74. The molecule has 0 saturated carbocycles. The van der Waals surface area contributed by atoms with Crippen molar-refractivity contribution in [2.75, 3.05) is 19.6 Å². The Balaban J connectivity index is 1.58. The van der Waals surface area contributed by atoms with Crippen molar-refractivity contribution in [3.63, 3.8) is 0 Å². The summed E-state index contributed by atoms with van der Waals surface area (Å²) < 4.78 is 0. The Hall–Kier alpha value is -2.13. The van der Waals surface area contributed by atoms with Crippen molar-refractivity contribution in [3.8, 4) is 0 Å². The maximum absolute atomic E-state index is 12.7. The third-order valence-electron chi connectivity index (χ3n) is 5.38. The lowest BCUT2D eigenvalue weighted by molar-refractivity contribution is -0.130. The van der Waals surface area contributed by atoms with Gasteiger partial charge in [-0.25, -0.2) is 0 Å². The molecule has 0 unspecified atom stereocenters. The van der Waals surface area contributed by atoms with Crippen LogP contribution in [0, 0.1) is 5.92 Å². The Bertz CT molecular complexity index is 681. The van der Waals surface area contributed by atoms with Crippen LogP contribution in [0.1, 0.15) is 36.0 Å². The molecule has 1 saturated heterocycles. The second kappa shape index (κ2) is 8.30. The highest BCUT2D eigenvalue weighted by Gasteiger charge is 2.34. The molecule has 0 radical (unpaired) electrons. The molecule has 3 rings (SSSR count). The SMILES string of the molecule is CCc1ccc(CCC(=O)N2C[C@@H](CN)[C@H](c3ccccc3)C2)cc1. The third kappa shape index (κ3) is 4.29. The van der Waals surface area contributed by atoms with Gasteiger partial charge < -0.3 is 10.6 Å². The van der Waals surface area contributed by atoms with Crippen LogP contribution in [0.2, 0.25) is 0 Å². The molecule has 1 heterocycles. The van der Waals surface area contributed by atoms with Crippen LogP contribution in [-0.2, 0) is 17.6 Å². The number of carbonyl (C=O) groups is 1. The molecule has 1 amide bonds. The average molecular weight is 336 g/mol. The van der Waals surface area contributed by atoms with E-state index >= 15 is 0 Å². The number of nitrogens with zero attached hydrogens (tertiary/aromatic N) is 1. The van der Waals surface area contributed by atoms with E-state index in [-0.39, 0.29) is 5.91 Å². The summed E-state index contributed by atoms with van der Waals surface area (Å²) in [6.07, 6.45) is 2.43. The van der Waals surface area contributed by atoms with Gasteiger partial charge in [0.15, 0.2) is 0 Å². The number of carbonyl (C=O) groups excluding carboxylic acids is 1. The van der Waals surface area contributed by atoms with E-state index in [4.69, 9.17) is 5.73 Å². The second-order valence-electron chi connectivity index (χ2n) is 6.98. The van der Waals surface area contributed by atoms with E-state index in [1.54, 1.807) is 0 Å². The molecule has 25 heavy (non-hydrogen) atoms. The van der Waals surface area contributed by atoms with Crippen LogP contribution in [0.25, 0.3) is 0 Å². The standard InChI is InChI=1S/C22H28N2O/c1-2-17-8-10-18(11-9-17)12-13-22(25)24-15-20(14-23)21(16-24)19-6-4-3-5-7-19/h3-11,20-21H,2,12-16,23H2,1H3/t20-,21+/m1/s1. The Kier molecular flexibility index (Phi) is 5.87. The summed E-state index contributed by atoms with van der Waals surface area (Å²) in [5.74, 6) is 0.964. The van der Waals surface area contributed by atoms with Crippen molar-refractivity contribution < 1.29 is 4.79 Å². The van der Waals surface area contributed by atoms with Crippen molar-refractivity contribution in [1.29, 1.82) is 0 Å². The van der Waals surface area contributed by atoms with Crippen LogP contribution in [0.4, 0.5) is 0 Å². The molecule has 2 N–H and O–H groups in total. The van der Waals surface area contributed by atoms with Gasteiger partial charge in [-0.15, -0.1) is 0 Å². The molecule has 1 aliphatic heterocycles. The number of benzene rings is 2. The van der Waals surface area contributed by atoms with E-state index in [9.17, 15) is 4.79 Å². The Morgan fingerprint density at radius 1 is 1.04 bits per heavy atom. The minimum atomic E-state index is 0.247. The molecule has 3 heteroatoms. The van der Waals surface area contributed by atoms with Crippen LogP contribution < -0.4 is 5.73 Å². The lowest BCUT2D eigenvalue weighted by Gasteiger charge is -2.17. The summed E-state index contributed by atoms with van der Waals surface area (Å²) in [6, 6.07) is 19.1. The number of amides is 1. The lowest BCUT2D eigenvalue weighted by atomic mass is 9.89. The smallest absolute Gasteiger partial charge is 0.222 e. The van der Waals surface area contributed by atoms with Gasteiger partial charge in [-0.05, 0) is 42.0 Å². The molecule has 0 bridgehead atoms. The number of hydrogen-bond acceptors (Lipinski definition) is 2. The predicted octanol–water partition coefficient (Wildman–Crippen LogP) is 3.38. The molecule has 1 aliphatic rings. The lowest BCUT2D eigenvalue weighted by Crippen LogP contribution is -2.30. The predicted molar refractivity (Wildman–Crippen MR) is 102 cm³/mol. The number of hydrogen-bond donors (Lipinski definition) is 1. The topological polar surface area (TPSA) is 46.3 Å². The summed E-state index contributed by atoms with van der Waals surface area (Å²) >= 11 is 0. The molecule has 0 aromatic heterocycles. The van der Waals surface area contributed by atoms with Crippen LogP contribution in [0.15, 0.2) is 54.6 Å². The molecule has 2 aromatic carbocycles. The summed E-state index contributed by atoms with van der Waals surface area (Å²) in [4.78, 5) is 14.7. The molecule has 132 valence electrons. The van der Waals surface area contributed by atoms with E-state index in [0.717, 1.165) is 25.9 Å². The number of rotatable bonds is 6. The van der Waals surface area contributed by atoms with Gasteiger partial charge in [-0.3, -0.25) is 4.79 Å². The molecule has 0 aliphatic carbocycles. The quantitative estimate of drug-likeness (QED) is 0.879. The van der Waals surface area contributed by atoms with Crippen LogP contribution in [0.3, 0.4) is 0 Å². The summed E-state index contributed by atoms with van der Waals surface area (Å²) in [5, 5.41) is 0. The average Bonchev–Trinajstić information content (AvgIpc) is 3.12. The Morgan fingerprint density at radius 3 is 2.36 bits per heavy atom. The Labute approximate surface area is 150 Å². The van der Waals surface area contributed by atoms with Gasteiger partial charge in [-0.2, -0.15) is 0 Å². The molecule has 2 atom stereocenters. The van der Waals surface area contributed by atoms with Crippen molar-refractivity contribution >= 4 is 5.91 Å². The van der Waals surface area contributed by atoms with Gasteiger partial charge in [-0.1, -0.05) is 61.5 Å². The van der Waals surface area contributed by atoms with E-state index in [1.165, 1.54) is 16.7 Å². The normalized spacial score (nSPS) is 20.0. The molecular weight excluding hydrogens is 308 g/mol. The van der Waals surface area contributed by atoms with Gasteiger partial charge >= 0.3 is 0 Å². The summed E-state index contributed by atoms with van der Waals surface area (Å²) in [5.41, 5.74) is 9.85. The van der Waals surface area contributed by atoms with Gasteiger partial charge in [0.2, 0.25) is 5.91 Å².